The molecule has 0 aromatic heterocycles. The third kappa shape index (κ3) is 1.54. The molecule has 0 fully saturated rings. The zero-order chi connectivity index (χ0) is 12.5. The summed E-state index contributed by atoms with van der Waals surface area (Å²) in [6.45, 7) is 1.82. The highest BCUT2D eigenvalue weighted by molar-refractivity contribution is 6.18. The molecule has 88 valence electrons. The van der Waals surface area contributed by atoms with Crippen molar-refractivity contribution in [3.05, 3.63) is 60.2 Å². The van der Waals surface area contributed by atoms with Gasteiger partial charge in [0.2, 0.25) is 0 Å². The van der Waals surface area contributed by atoms with Gasteiger partial charge in [-0.3, -0.25) is 0 Å². The number of benzene rings is 3. The highest BCUT2D eigenvalue weighted by Gasteiger charge is 2.08. The molecule has 3 rings (SSSR count). The number of hydrogen-bond acceptors (Lipinski definition) is 2. The van der Waals surface area contributed by atoms with Gasteiger partial charge in [0.15, 0.2) is 0 Å². The minimum absolute atomic E-state index is 0.636. The topological polar surface area (TPSA) is 32.6 Å². The van der Waals surface area contributed by atoms with Gasteiger partial charge in [0, 0.05) is 5.56 Å². The molecule has 3 aromatic rings. The summed E-state index contributed by atoms with van der Waals surface area (Å²) >= 11 is 0. The number of rotatable bonds is 1. The minimum Gasteiger partial charge on any atom is -0.411 e. The molecule has 0 saturated carbocycles. The smallest absolute Gasteiger partial charge is 0.0843 e. The molecule has 18 heavy (non-hydrogen) atoms. The maximum absolute atomic E-state index is 9.01. The van der Waals surface area contributed by atoms with Crippen molar-refractivity contribution in [2.24, 2.45) is 5.16 Å². The lowest BCUT2D eigenvalue weighted by atomic mass is 9.95. The lowest BCUT2D eigenvalue weighted by molar-refractivity contribution is 0.319. The summed E-state index contributed by atoms with van der Waals surface area (Å²) in [4.78, 5) is 0. The van der Waals surface area contributed by atoms with Crippen LogP contribution >= 0.6 is 0 Å². The molecule has 0 unspecified atom stereocenters. The van der Waals surface area contributed by atoms with Gasteiger partial charge in [-0.05, 0) is 34.5 Å². The Balaban J connectivity index is 2.55. The van der Waals surface area contributed by atoms with E-state index >= 15 is 0 Å². The van der Waals surface area contributed by atoms with E-state index in [-0.39, 0.29) is 0 Å². The van der Waals surface area contributed by atoms with Crippen molar-refractivity contribution < 1.29 is 5.21 Å². The van der Waals surface area contributed by atoms with Crippen LogP contribution in [0, 0.1) is 0 Å². The molecule has 0 spiro atoms. The zero-order valence-corrected chi connectivity index (χ0v) is 10.1. The summed E-state index contributed by atoms with van der Waals surface area (Å²) in [5.74, 6) is 0. The van der Waals surface area contributed by atoms with E-state index in [4.69, 9.17) is 5.21 Å². The quantitative estimate of drug-likeness (QED) is 0.291. The predicted molar refractivity (Wildman–Crippen MR) is 75.5 cm³/mol. The predicted octanol–water partition coefficient (Wildman–Crippen LogP) is 4.19. The van der Waals surface area contributed by atoms with Crippen molar-refractivity contribution in [3.63, 3.8) is 0 Å². The van der Waals surface area contributed by atoms with Crippen LogP contribution in [0.3, 0.4) is 0 Å². The Labute approximate surface area is 105 Å². The van der Waals surface area contributed by atoms with Crippen molar-refractivity contribution in [1.29, 1.82) is 0 Å². The van der Waals surface area contributed by atoms with Crippen LogP contribution < -0.4 is 0 Å². The molecular weight excluding hydrogens is 222 g/mol. The Morgan fingerprint density at radius 2 is 1.50 bits per heavy atom. The first-order chi connectivity index (χ1) is 8.81. The lowest BCUT2D eigenvalue weighted by Gasteiger charge is -2.09. The number of oxime groups is 1. The molecular formula is C16H13NO. The fourth-order valence-corrected chi connectivity index (χ4v) is 2.41. The van der Waals surface area contributed by atoms with E-state index in [2.05, 4.69) is 35.5 Å². The van der Waals surface area contributed by atoms with Gasteiger partial charge in [0.1, 0.15) is 0 Å². The largest absolute Gasteiger partial charge is 0.411 e. The average molecular weight is 235 g/mol. The van der Waals surface area contributed by atoms with Gasteiger partial charge in [0.05, 0.1) is 5.71 Å². The Bertz CT molecular complexity index is 759. The molecule has 0 amide bonds. The molecule has 2 heteroatoms. The van der Waals surface area contributed by atoms with Gasteiger partial charge in [-0.2, -0.15) is 0 Å². The maximum Gasteiger partial charge on any atom is 0.0843 e. The van der Waals surface area contributed by atoms with E-state index in [0.717, 1.165) is 16.3 Å². The molecule has 0 heterocycles. The Morgan fingerprint density at radius 3 is 2.22 bits per heavy atom. The van der Waals surface area contributed by atoms with Crippen LogP contribution in [0.25, 0.3) is 21.5 Å². The second kappa shape index (κ2) is 4.15. The van der Waals surface area contributed by atoms with Gasteiger partial charge in [-0.1, -0.05) is 53.7 Å². The zero-order valence-electron chi connectivity index (χ0n) is 10.1. The maximum atomic E-state index is 9.01. The van der Waals surface area contributed by atoms with Crippen LogP contribution in [0.5, 0.6) is 0 Å². The molecule has 3 aromatic carbocycles. The molecule has 2 nitrogen and oxygen atoms in total. The number of fused-ring (bicyclic) bond motifs is 3. The van der Waals surface area contributed by atoms with Gasteiger partial charge in [-0.25, -0.2) is 0 Å². The molecule has 0 aliphatic heterocycles. The highest BCUT2D eigenvalue weighted by atomic mass is 16.4. The Morgan fingerprint density at radius 1 is 0.889 bits per heavy atom. The number of hydrogen-bond donors (Lipinski definition) is 1. The van der Waals surface area contributed by atoms with E-state index in [0.29, 0.717) is 5.71 Å². The second-order valence-corrected chi connectivity index (χ2v) is 4.38. The SMILES string of the molecule is CC(=NO)c1cc2ccccc2c2ccccc12. The summed E-state index contributed by atoms with van der Waals surface area (Å²) in [7, 11) is 0. The minimum atomic E-state index is 0.636. The summed E-state index contributed by atoms with van der Waals surface area (Å²) in [6, 6.07) is 18.5. The molecule has 0 atom stereocenters. The Kier molecular flexibility index (Phi) is 2.49. The average Bonchev–Trinajstić information content (AvgIpc) is 2.45. The first kappa shape index (κ1) is 10.8. The molecule has 0 aliphatic carbocycles. The van der Waals surface area contributed by atoms with Gasteiger partial charge in [-0.15, -0.1) is 0 Å². The van der Waals surface area contributed by atoms with Crippen LogP contribution in [-0.4, -0.2) is 10.9 Å². The number of nitrogens with zero attached hydrogens (tertiary/aromatic N) is 1. The molecule has 0 aliphatic rings. The molecule has 0 saturated heterocycles. The summed E-state index contributed by atoms with van der Waals surface area (Å²) < 4.78 is 0. The summed E-state index contributed by atoms with van der Waals surface area (Å²) in [5, 5.41) is 17.0. The first-order valence-electron chi connectivity index (χ1n) is 5.91. The monoisotopic (exact) mass is 235 g/mol. The summed E-state index contributed by atoms with van der Waals surface area (Å²) in [5.41, 5.74) is 1.61. The van der Waals surface area contributed by atoms with Gasteiger partial charge >= 0.3 is 0 Å². The standard InChI is InChI=1S/C16H13NO/c1-11(17-18)16-10-12-6-2-3-7-13(12)14-8-4-5-9-15(14)16/h2-10,18H,1H3. The first-order valence-corrected chi connectivity index (χ1v) is 5.91. The Hall–Kier alpha value is -2.35. The van der Waals surface area contributed by atoms with E-state index in [1.165, 1.54) is 10.8 Å². The summed E-state index contributed by atoms with van der Waals surface area (Å²) in [6.07, 6.45) is 0. The van der Waals surface area contributed by atoms with Crippen molar-refractivity contribution in [2.45, 2.75) is 6.92 Å². The third-order valence-corrected chi connectivity index (χ3v) is 3.31. The molecule has 0 radical (unpaired) electrons. The van der Waals surface area contributed by atoms with Crippen LogP contribution in [0.15, 0.2) is 59.8 Å². The van der Waals surface area contributed by atoms with Crippen LogP contribution in [0.1, 0.15) is 12.5 Å². The normalized spacial score (nSPS) is 12.2. The van der Waals surface area contributed by atoms with E-state index in [1.54, 1.807) is 0 Å². The second-order valence-electron chi connectivity index (χ2n) is 4.38. The van der Waals surface area contributed by atoms with Gasteiger partial charge < -0.3 is 5.21 Å². The fourth-order valence-electron chi connectivity index (χ4n) is 2.41. The van der Waals surface area contributed by atoms with Gasteiger partial charge in [0.25, 0.3) is 0 Å². The highest BCUT2D eigenvalue weighted by Crippen LogP contribution is 2.28. The fraction of sp³-hybridized carbons (Fsp3) is 0.0625. The molecule has 0 bridgehead atoms. The van der Waals surface area contributed by atoms with Crippen molar-refractivity contribution in [3.8, 4) is 0 Å². The van der Waals surface area contributed by atoms with E-state index in [1.807, 2.05) is 31.2 Å². The van der Waals surface area contributed by atoms with E-state index < -0.39 is 0 Å². The van der Waals surface area contributed by atoms with Crippen LogP contribution in [0.4, 0.5) is 0 Å². The van der Waals surface area contributed by atoms with Crippen molar-refractivity contribution >= 4 is 27.3 Å². The molecule has 1 N–H and O–H groups in total. The van der Waals surface area contributed by atoms with E-state index in [9.17, 15) is 0 Å². The van der Waals surface area contributed by atoms with Crippen molar-refractivity contribution in [1.82, 2.24) is 0 Å². The van der Waals surface area contributed by atoms with Crippen LogP contribution in [0.2, 0.25) is 0 Å². The third-order valence-electron chi connectivity index (χ3n) is 3.31. The van der Waals surface area contributed by atoms with Crippen LogP contribution in [-0.2, 0) is 0 Å². The lowest BCUT2D eigenvalue weighted by Crippen LogP contribution is -1.96. The van der Waals surface area contributed by atoms with Crippen molar-refractivity contribution in [2.75, 3.05) is 0 Å².